The van der Waals surface area contributed by atoms with Crippen molar-refractivity contribution in [2.45, 2.75) is 24.5 Å². The van der Waals surface area contributed by atoms with Gasteiger partial charge in [-0.3, -0.25) is 0 Å². The topological polar surface area (TPSA) is 102 Å². The van der Waals surface area contributed by atoms with Crippen LogP contribution in [0.25, 0.3) is 0 Å². The molecule has 80 valence electrons. The van der Waals surface area contributed by atoms with Crippen LogP contribution in [0, 0.1) is 0 Å². The molecule has 1 aliphatic rings. The molecule has 0 heterocycles. The molecule has 0 aromatic carbocycles. The van der Waals surface area contributed by atoms with Crippen LogP contribution in [-0.2, 0) is 9.84 Å². The molecule has 0 saturated heterocycles. The largest absolute Gasteiger partial charge is 0.350 e. The van der Waals surface area contributed by atoms with Gasteiger partial charge in [0.05, 0.1) is 5.71 Å². The van der Waals surface area contributed by atoms with Crippen LogP contribution in [0.15, 0.2) is 5.10 Å². The highest BCUT2D eigenvalue weighted by molar-refractivity contribution is 7.92. The number of nitrogens with one attached hydrogen (secondary N) is 1. The van der Waals surface area contributed by atoms with Crippen LogP contribution in [0.2, 0.25) is 0 Å². The summed E-state index contributed by atoms with van der Waals surface area (Å²) in [6, 6.07) is -0.781. The van der Waals surface area contributed by atoms with Gasteiger partial charge in [-0.2, -0.15) is 5.10 Å². The van der Waals surface area contributed by atoms with Gasteiger partial charge in [-0.05, 0) is 19.3 Å². The van der Waals surface area contributed by atoms with Crippen molar-refractivity contribution in [3.8, 4) is 0 Å². The summed E-state index contributed by atoms with van der Waals surface area (Å²) >= 11 is 0. The Morgan fingerprint density at radius 2 is 2.29 bits per heavy atom. The van der Waals surface area contributed by atoms with Crippen LogP contribution < -0.4 is 11.2 Å². The summed E-state index contributed by atoms with van der Waals surface area (Å²) in [6.07, 6.45) is 3.11. The predicted molar refractivity (Wildman–Crippen MR) is 52.6 cm³/mol. The number of carbonyl (C=O) groups is 1. The van der Waals surface area contributed by atoms with E-state index in [1.807, 2.05) is 0 Å². The molecule has 7 heteroatoms. The second-order valence-corrected chi connectivity index (χ2v) is 5.52. The summed E-state index contributed by atoms with van der Waals surface area (Å²) in [5.74, 6) is 0. The maximum Gasteiger partial charge on any atom is 0.332 e. The maximum atomic E-state index is 11.3. The molecular formula is C7H13N3O3S. The fourth-order valence-electron chi connectivity index (χ4n) is 1.51. The summed E-state index contributed by atoms with van der Waals surface area (Å²) in [7, 11) is -3.12. The third-order valence-corrected chi connectivity index (χ3v) is 3.64. The zero-order valence-electron chi connectivity index (χ0n) is 7.86. The van der Waals surface area contributed by atoms with Crippen LogP contribution in [0.4, 0.5) is 4.79 Å². The van der Waals surface area contributed by atoms with Crippen molar-refractivity contribution < 1.29 is 13.2 Å². The molecule has 0 spiro atoms. The normalized spacial score (nSPS) is 25.2. The van der Waals surface area contributed by atoms with Crippen LogP contribution in [0.3, 0.4) is 0 Å². The van der Waals surface area contributed by atoms with Gasteiger partial charge in [-0.25, -0.2) is 18.6 Å². The van der Waals surface area contributed by atoms with Crippen LogP contribution in [-0.4, -0.2) is 31.7 Å². The predicted octanol–water partition coefficient (Wildman–Crippen LogP) is -0.392. The lowest BCUT2D eigenvalue weighted by molar-refractivity contribution is 0.249. The molecule has 1 rings (SSSR count). The molecule has 1 fully saturated rings. The lowest BCUT2D eigenvalue weighted by Crippen LogP contribution is -2.30. The van der Waals surface area contributed by atoms with E-state index in [0.717, 1.165) is 6.42 Å². The number of hydrogen-bond acceptors (Lipinski definition) is 4. The average molecular weight is 219 g/mol. The van der Waals surface area contributed by atoms with Crippen molar-refractivity contribution in [3.63, 3.8) is 0 Å². The molecule has 0 aromatic heterocycles. The first kappa shape index (κ1) is 11.0. The zero-order valence-corrected chi connectivity index (χ0v) is 8.67. The van der Waals surface area contributed by atoms with Crippen molar-refractivity contribution in [1.29, 1.82) is 0 Å². The van der Waals surface area contributed by atoms with Crippen molar-refractivity contribution in [2.75, 3.05) is 6.26 Å². The van der Waals surface area contributed by atoms with Crippen molar-refractivity contribution >= 4 is 21.6 Å². The molecule has 1 atom stereocenters. The average Bonchev–Trinajstić information content (AvgIpc) is 2.46. The van der Waals surface area contributed by atoms with Gasteiger partial charge in [-0.1, -0.05) is 0 Å². The lowest BCUT2D eigenvalue weighted by atomic mass is 10.3. The lowest BCUT2D eigenvalue weighted by Gasteiger charge is -2.07. The molecule has 0 radical (unpaired) electrons. The molecule has 1 aliphatic carbocycles. The first-order chi connectivity index (χ1) is 6.41. The number of hydrogen-bond donors (Lipinski definition) is 2. The standard InChI is InChI=1S/C7H13N3O3S/c1-14(12,13)6-4-2-3-5(6)9-10-7(8)11/h6H,2-4H2,1H3,(H3,8,10,11). The van der Waals surface area contributed by atoms with Crippen LogP contribution >= 0.6 is 0 Å². The Morgan fingerprint density at radius 3 is 2.79 bits per heavy atom. The van der Waals surface area contributed by atoms with E-state index in [2.05, 4.69) is 10.5 Å². The van der Waals surface area contributed by atoms with E-state index in [0.29, 0.717) is 18.6 Å². The molecule has 0 aromatic rings. The Balaban J connectivity index is 2.79. The van der Waals surface area contributed by atoms with E-state index in [1.54, 1.807) is 0 Å². The summed E-state index contributed by atoms with van der Waals surface area (Å²) in [4.78, 5) is 10.4. The minimum absolute atomic E-state index is 0.492. The molecule has 0 aliphatic heterocycles. The Kier molecular flexibility index (Phi) is 3.10. The van der Waals surface area contributed by atoms with E-state index in [4.69, 9.17) is 5.73 Å². The number of nitrogens with two attached hydrogens (primary N) is 1. The third kappa shape index (κ3) is 2.69. The highest BCUT2D eigenvalue weighted by Gasteiger charge is 2.31. The minimum Gasteiger partial charge on any atom is -0.350 e. The number of rotatable bonds is 2. The molecule has 2 amide bonds. The van der Waals surface area contributed by atoms with E-state index < -0.39 is 21.1 Å². The summed E-state index contributed by atoms with van der Waals surface area (Å²) in [6.45, 7) is 0. The van der Waals surface area contributed by atoms with Crippen LogP contribution in [0.1, 0.15) is 19.3 Å². The quantitative estimate of drug-likeness (QED) is 0.618. The van der Waals surface area contributed by atoms with Crippen molar-refractivity contribution in [1.82, 2.24) is 5.43 Å². The third-order valence-electron chi connectivity index (χ3n) is 2.10. The highest BCUT2D eigenvalue weighted by Crippen LogP contribution is 2.21. The summed E-state index contributed by atoms with van der Waals surface area (Å²) in [5.41, 5.74) is 7.36. The number of hydrazone groups is 1. The van der Waals surface area contributed by atoms with Crippen molar-refractivity contribution in [3.05, 3.63) is 0 Å². The zero-order chi connectivity index (χ0) is 10.8. The van der Waals surface area contributed by atoms with E-state index in [-0.39, 0.29) is 0 Å². The number of urea groups is 1. The Morgan fingerprint density at radius 1 is 1.64 bits per heavy atom. The Labute approximate surface area is 82.5 Å². The first-order valence-electron chi connectivity index (χ1n) is 4.22. The van der Waals surface area contributed by atoms with E-state index in [1.165, 1.54) is 6.26 Å². The number of carbonyl (C=O) groups excluding carboxylic acids is 1. The van der Waals surface area contributed by atoms with E-state index >= 15 is 0 Å². The highest BCUT2D eigenvalue weighted by atomic mass is 32.2. The number of sulfone groups is 1. The molecule has 1 saturated carbocycles. The second-order valence-electron chi connectivity index (χ2n) is 3.29. The SMILES string of the molecule is CS(=O)(=O)C1CCCC1=NNC(N)=O. The number of nitrogens with zero attached hydrogens (tertiary/aromatic N) is 1. The smallest absolute Gasteiger partial charge is 0.332 e. The molecule has 0 bridgehead atoms. The van der Waals surface area contributed by atoms with Crippen LogP contribution in [0.5, 0.6) is 0 Å². The van der Waals surface area contributed by atoms with Gasteiger partial charge in [0.1, 0.15) is 5.25 Å². The Bertz CT molecular complexity index is 360. The van der Waals surface area contributed by atoms with Gasteiger partial charge in [0, 0.05) is 6.26 Å². The van der Waals surface area contributed by atoms with Gasteiger partial charge in [0.2, 0.25) is 0 Å². The molecular weight excluding hydrogens is 206 g/mol. The summed E-state index contributed by atoms with van der Waals surface area (Å²) in [5, 5.41) is 3.12. The van der Waals surface area contributed by atoms with Gasteiger partial charge in [-0.15, -0.1) is 0 Å². The van der Waals surface area contributed by atoms with Gasteiger partial charge < -0.3 is 5.73 Å². The monoisotopic (exact) mass is 219 g/mol. The molecule has 14 heavy (non-hydrogen) atoms. The van der Waals surface area contributed by atoms with Gasteiger partial charge in [0.25, 0.3) is 0 Å². The van der Waals surface area contributed by atoms with E-state index in [9.17, 15) is 13.2 Å². The number of amides is 2. The molecule has 3 N–H and O–H groups in total. The first-order valence-corrected chi connectivity index (χ1v) is 6.17. The molecule has 6 nitrogen and oxygen atoms in total. The maximum absolute atomic E-state index is 11.3. The van der Waals surface area contributed by atoms with Gasteiger partial charge >= 0.3 is 6.03 Å². The fraction of sp³-hybridized carbons (Fsp3) is 0.714. The molecule has 1 unspecified atom stereocenters. The van der Waals surface area contributed by atoms with Gasteiger partial charge in [0.15, 0.2) is 9.84 Å². The minimum atomic E-state index is -3.12. The number of primary amides is 1. The summed E-state index contributed by atoms with van der Waals surface area (Å²) < 4.78 is 22.5. The fourth-order valence-corrected chi connectivity index (χ4v) is 2.77. The second kappa shape index (κ2) is 3.95. The van der Waals surface area contributed by atoms with Crippen molar-refractivity contribution in [2.24, 2.45) is 10.8 Å². The Hall–Kier alpha value is -1.11.